The molecule has 1 atom stereocenters. The van der Waals surface area contributed by atoms with Gasteiger partial charge in [-0.3, -0.25) is 0 Å². The van der Waals surface area contributed by atoms with E-state index in [1.165, 1.54) is 0 Å². The Morgan fingerprint density at radius 3 is 1.93 bits per heavy atom. The number of rotatable bonds is 6. The Balaban J connectivity index is 4.57. The summed E-state index contributed by atoms with van der Waals surface area (Å²) in [7, 11) is 0. The zero-order valence-corrected chi connectivity index (χ0v) is 11.7. The standard InChI is InChI=1S/C10H21FGeO2/c1-5-12(6-2,7-3)9(11)10(13)14-8-4/h9H,5-8H2,1-4H3. The normalized spacial score (nSPS) is 13.8. The van der Waals surface area contributed by atoms with E-state index in [-0.39, 0.29) is 6.61 Å². The molecule has 0 amide bonds. The van der Waals surface area contributed by atoms with Crippen molar-refractivity contribution in [2.45, 2.75) is 48.5 Å². The van der Waals surface area contributed by atoms with Crippen LogP contribution in [0.25, 0.3) is 0 Å². The van der Waals surface area contributed by atoms with Crippen molar-refractivity contribution in [3.05, 3.63) is 0 Å². The van der Waals surface area contributed by atoms with E-state index in [0.717, 1.165) is 15.8 Å². The monoisotopic (exact) mass is 266 g/mol. The maximum atomic E-state index is 13.9. The first-order valence-electron chi connectivity index (χ1n) is 5.38. The predicted molar refractivity (Wildman–Crippen MR) is 58.7 cm³/mol. The van der Waals surface area contributed by atoms with E-state index in [0.29, 0.717) is 0 Å². The second-order valence-corrected chi connectivity index (χ2v) is 14.8. The second-order valence-electron chi connectivity index (χ2n) is 3.54. The summed E-state index contributed by atoms with van der Waals surface area (Å²) in [5.74, 6) is -0.627. The molecule has 14 heavy (non-hydrogen) atoms. The molecule has 0 saturated carbocycles. The Labute approximate surface area is 88.6 Å². The molecule has 0 spiro atoms. The fraction of sp³-hybridized carbons (Fsp3) is 0.900. The molecule has 0 aliphatic carbocycles. The van der Waals surface area contributed by atoms with Crippen LogP contribution >= 0.6 is 0 Å². The Morgan fingerprint density at radius 1 is 1.21 bits per heavy atom. The molecule has 0 heterocycles. The molecule has 0 aliphatic heterocycles. The Kier molecular flexibility index (Phi) is 6.40. The first-order chi connectivity index (χ1) is 6.57. The summed E-state index contributed by atoms with van der Waals surface area (Å²) in [4.78, 5) is 11.3. The Hall–Kier alpha value is -0.0571. The van der Waals surface area contributed by atoms with Crippen LogP contribution in [-0.2, 0) is 9.53 Å². The minimum absolute atomic E-state index is 0.273. The molecule has 0 aromatic rings. The van der Waals surface area contributed by atoms with Crippen molar-refractivity contribution in [2.24, 2.45) is 0 Å². The number of ether oxygens (including phenoxy) is 1. The maximum absolute atomic E-state index is 13.9. The molecule has 0 bridgehead atoms. The van der Waals surface area contributed by atoms with Gasteiger partial charge in [0.1, 0.15) is 0 Å². The van der Waals surface area contributed by atoms with Crippen molar-refractivity contribution < 1.29 is 13.9 Å². The molecule has 84 valence electrons. The summed E-state index contributed by atoms with van der Waals surface area (Å²) in [6.07, 6.45) is 0. The quantitative estimate of drug-likeness (QED) is 0.545. The van der Waals surface area contributed by atoms with Crippen LogP contribution in [0.4, 0.5) is 4.39 Å². The van der Waals surface area contributed by atoms with Gasteiger partial charge in [-0.15, -0.1) is 0 Å². The number of alkyl halides is 1. The topological polar surface area (TPSA) is 26.3 Å². The van der Waals surface area contributed by atoms with Gasteiger partial charge in [0.05, 0.1) is 0 Å². The third kappa shape index (κ3) is 2.97. The average Bonchev–Trinajstić information content (AvgIpc) is 2.21. The van der Waals surface area contributed by atoms with E-state index in [2.05, 4.69) is 0 Å². The van der Waals surface area contributed by atoms with Crippen LogP contribution in [0.5, 0.6) is 0 Å². The van der Waals surface area contributed by atoms with Crippen molar-refractivity contribution >= 4 is 19.2 Å². The number of halogens is 1. The molecule has 0 aromatic carbocycles. The molecule has 1 unspecified atom stereocenters. The van der Waals surface area contributed by atoms with Crippen LogP contribution in [-0.4, -0.2) is 30.8 Å². The van der Waals surface area contributed by atoms with E-state index >= 15 is 0 Å². The first kappa shape index (κ1) is 13.9. The zero-order chi connectivity index (χ0) is 11.2. The number of carbonyl (C=O) groups excluding carboxylic acids is 1. The van der Waals surface area contributed by atoms with Gasteiger partial charge in [-0.25, -0.2) is 0 Å². The van der Waals surface area contributed by atoms with Gasteiger partial charge in [0.15, 0.2) is 0 Å². The average molecular weight is 265 g/mol. The van der Waals surface area contributed by atoms with Gasteiger partial charge in [0.2, 0.25) is 0 Å². The van der Waals surface area contributed by atoms with Crippen molar-refractivity contribution in [1.82, 2.24) is 0 Å². The van der Waals surface area contributed by atoms with E-state index < -0.39 is 24.2 Å². The van der Waals surface area contributed by atoms with Gasteiger partial charge in [0, 0.05) is 0 Å². The van der Waals surface area contributed by atoms with E-state index in [1.807, 2.05) is 20.8 Å². The van der Waals surface area contributed by atoms with Crippen LogP contribution in [0.3, 0.4) is 0 Å². The molecule has 0 N–H and O–H groups in total. The third-order valence-corrected chi connectivity index (χ3v) is 14.8. The van der Waals surface area contributed by atoms with Crippen LogP contribution in [0.1, 0.15) is 27.7 Å². The molecule has 0 aromatic heterocycles. The van der Waals surface area contributed by atoms with Crippen LogP contribution in [0, 0.1) is 0 Å². The molecule has 0 aliphatic rings. The number of carbonyl (C=O) groups is 1. The molecular formula is C10H21FGeO2. The molecule has 0 saturated heterocycles. The van der Waals surface area contributed by atoms with Crippen LogP contribution in [0.2, 0.25) is 15.8 Å². The summed E-state index contributed by atoms with van der Waals surface area (Å²) in [5, 5.41) is 1.27. The van der Waals surface area contributed by atoms with Gasteiger partial charge in [-0.2, -0.15) is 0 Å². The molecule has 0 rings (SSSR count). The van der Waals surface area contributed by atoms with Crippen molar-refractivity contribution in [3.8, 4) is 0 Å². The van der Waals surface area contributed by atoms with Gasteiger partial charge in [-0.1, -0.05) is 0 Å². The van der Waals surface area contributed by atoms with Gasteiger partial charge < -0.3 is 0 Å². The summed E-state index contributed by atoms with van der Waals surface area (Å²) >= 11 is -2.60. The summed E-state index contributed by atoms with van der Waals surface area (Å²) < 4.78 is 18.7. The van der Waals surface area contributed by atoms with E-state index in [1.54, 1.807) is 6.92 Å². The first-order valence-corrected chi connectivity index (χ1v) is 11.0. The number of hydrogen-bond acceptors (Lipinski definition) is 2. The zero-order valence-electron chi connectivity index (χ0n) is 9.60. The minimum atomic E-state index is -2.60. The number of hydrogen-bond donors (Lipinski definition) is 0. The van der Waals surface area contributed by atoms with Crippen molar-refractivity contribution in [2.75, 3.05) is 6.61 Å². The molecular weight excluding hydrogens is 244 g/mol. The Bertz CT molecular complexity index is 173. The summed E-state index contributed by atoms with van der Waals surface area (Å²) in [5.41, 5.74) is 0. The van der Waals surface area contributed by atoms with E-state index in [9.17, 15) is 9.18 Å². The van der Waals surface area contributed by atoms with Crippen LogP contribution in [0.15, 0.2) is 0 Å². The second kappa shape index (κ2) is 6.43. The fourth-order valence-electron chi connectivity index (χ4n) is 1.75. The molecule has 0 fully saturated rings. The predicted octanol–water partition coefficient (Wildman–Crippen LogP) is 2.94. The summed E-state index contributed by atoms with van der Waals surface area (Å²) in [6.45, 7) is 7.98. The molecule has 2 nitrogen and oxygen atoms in total. The van der Waals surface area contributed by atoms with Crippen LogP contribution < -0.4 is 0 Å². The summed E-state index contributed by atoms with van der Waals surface area (Å²) in [6, 6.07) is 0. The van der Waals surface area contributed by atoms with Crippen molar-refractivity contribution in [1.29, 1.82) is 0 Å². The Morgan fingerprint density at radius 2 is 1.64 bits per heavy atom. The fourth-order valence-corrected chi connectivity index (χ4v) is 8.38. The van der Waals surface area contributed by atoms with Gasteiger partial charge in [-0.05, 0) is 0 Å². The van der Waals surface area contributed by atoms with E-state index in [4.69, 9.17) is 4.74 Å². The molecule has 0 radical (unpaired) electrons. The third-order valence-electron chi connectivity index (χ3n) is 3.14. The van der Waals surface area contributed by atoms with Crippen molar-refractivity contribution in [3.63, 3.8) is 0 Å². The van der Waals surface area contributed by atoms with Gasteiger partial charge in [0.25, 0.3) is 0 Å². The molecule has 4 heteroatoms. The van der Waals surface area contributed by atoms with Gasteiger partial charge >= 0.3 is 88.2 Å². The number of esters is 1. The SMILES string of the molecule is CCOC(=O)[CH](F)[Ge]([CH2]C)([CH2]C)[CH2]C.